The monoisotopic (exact) mass is 423 g/mol. The second kappa shape index (κ2) is 9.48. The zero-order valence-corrected chi connectivity index (χ0v) is 16.3. The molecule has 132 valence electrons. The smallest absolute Gasteiger partial charge is 0.343 e. The molecule has 0 unspecified atom stereocenters. The average molecular weight is 424 g/mol. The summed E-state index contributed by atoms with van der Waals surface area (Å²) in [6.45, 7) is 1.86. The lowest BCUT2D eigenvalue weighted by atomic mass is 10.2. The van der Waals surface area contributed by atoms with Crippen molar-refractivity contribution >= 4 is 45.3 Å². The van der Waals surface area contributed by atoms with Crippen LogP contribution in [0.15, 0.2) is 51.8 Å². The molecule has 0 radical (unpaired) electrons. The van der Waals surface area contributed by atoms with Crippen molar-refractivity contribution in [2.75, 3.05) is 24.8 Å². The van der Waals surface area contributed by atoms with Gasteiger partial charge in [0.1, 0.15) is 5.75 Å². The molecule has 1 N–H and O–H groups in total. The first-order valence-corrected chi connectivity index (χ1v) is 9.24. The number of carbonyl (C=O) groups is 2. The van der Waals surface area contributed by atoms with Gasteiger partial charge < -0.3 is 14.8 Å². The van der Waals surface area contributed by atoms with Crippen molar-refractivity contribution in [1.29, 1.82) is 0 Å². The molecule has 0 atom stereocenters. The van der Waals surface area contributed by atoms with E-state index in [4.69, 9.17) is 4.74 Å². The highest BCUT2D eigenvalue weighted by atomic mass is 79.9. The van der Waals surface area contributed by atoms with Crippen molar-refractivity contribution in [1.82, 2.24) is 0 Å². The minimum Gasteiger partial charge on any atom is -0.482 e. The van der Waals surface area contributed by atoms with Crippen LogP contribution in [0.1, 0.15) is 5.56 Å². The number of ether oxygens (including phenoxy) is 2. The van der Waals surface area contributed by atoms with E-state index in [0.717, 1.165) is 14.9 Å². The molecule has 0 bridgehead atoms. The average Bonchev–Trinajstić information content (AvgIpc) is 2.60. The number of rotatable bonds is 7. The Labute approximate surface area is 159 Å². The van der Waals surface area contributed by atoms with Crippen LogP contribution >= 0.6 is 27.7 Å². The molecule has 5 nitrogen and oxygen atoms in total. The van der Waals surface area contributed by atoms with Gasteiger partial charge in [-0.05, 0) is 55.0 Å². The predicted octanol–water partition coefficient (Wildman–Crippen LogP) is 4.04. The molecule has 25 heavy (non-hydrogen) atoms. The molecular formula is C18H18BrNO4S. The molecule has 0 saturated carbocycles. The summed E-state index contributed by atoms with van der Waals surface area (Å²) in [5.74, 6) is 0.319. The van der Waals surface area contributed by atoms with E-state index in [1.807, 2.05) is 25.1 Å². The molecule has 0 spiro atoms. The number of esters is 1. The van der Waals surface area contributed by atoms with Crippen molar-refractivity contribution in [3.8, 4) is 5.75 Å². The van der Waals surface area contributed by atoms with Gasteiger partial charge in [-0.25, -0.2) is 4.79 Å². The Balaban J connectivity index is 1.82. The summed E-state index contributed by atoms with van der Waals surface area (Å²) < 4.78 is 10.8. The van der Waals surface area contributed by atoms with Gasteiger partial charge in [0.15, 0.2) is 6.61 Å². The molecule has 7 heteroatoms. The van der Waals surface area contributed by atoms with Gasteiger partial charge in [0.25, 0.3) is 0 Å². The van der Waals surface area contributed by atoms with Crippen molar-refractivity contribution in [3.63, 3.8) is 0 Å². The van der Waals surface area contributed by atoms with E-state index in [-0.39, 0.29) is 12.5 Å². The largest absolute Gasteiger partial charge is 0.482 e. The van der Waals surface area contributed by atoms with Crippen molar-refractivity contribution < 1.29 is 19.1 Å². The fraction of sp³-hybridized carbons (Fsp3) is 0.222. The number of halogens is 1. The Hall–Kier alpha value is -1.99. The first kappa shape index (κ1) is 19.3. The third-order valence-corrected chi connectivity index (χ3v) is 4.89. The van der Waals surface area contributed by atoms with E-state index < -0.39 is 5.97 Å². The van der Waals surface area contributed by atoms with Gasteiger partial charge in [0.2, 0.25) is 5.91 Å². The quantitative estimate of drug-likeness (QED) is 0.537. The van der Waals surface area contributed by atoms with Crippen molar-refractivity contribution in [2.24, 2.45) is 0 Å². The molecule has 0 aliphatic rings. The number of benzene rings is 2. The lowest BCUT2D eigenvalue weighted by Crippen LogP contribution is -2.14. The van der Waals surface area contributed by atoms with E-state index in [1.165, 1.54) is 18.9 Å². The van der Waals surface area contributed by atoms with E-state index in [9.17, 15) is 9.59 Å². The molecule has 1 amide bonds. The Kier molecular flexibility index (Phi) is 7.33. The number of amides is 1. The van der Waals surface area contributed by atoms with Crippen LogP contribution in [-0.4, -0.2) is 31.3 Å². The standard InChI is InChI=1S/C18H18BrNO4S/c1-12-9-13(19)3-8-16(12)25-11-17(21)20-14-4-6-15(7-5-14)24-10-18(22)23-2/h3-9H,10-11H2,1-2H3,(H,20,21). The number of anilines is 1. The Morgan fingerprint density at radius 2 is 1.88 bits per heavy atom. The Morgan fingerprint density at radius 1 is 1.16 bits per heavy atom. The number of aryl methyl sites for hydroxylation is 1. The first-order valence-electron chi connectivity index (χ1n) is 7.46. The van der Waals surface area contributed by atoms with Crippen LogP contribution in [0, 0.1) is 6.92 Å². The fourth-order valence-corrected chi connectivity index (χ4v) is 3.24. The normalized spacial score (nSPS) is 10.2. The summed E-state index contributed by atoms with van der Waals surface area (Å²) in [6.07, 6.45) is 0. The lowest BCUT2D eigenvalue weighted by Gasteiger charge is -2.09. The molecule has 0 fully saturated rings. The second-order valence-electron chi connectivity index (χ2n) is 5.14. The summed E-state index contributed by atoms with van der Waals surface area (Å²) in [5.41, 5.74) is 1.79. The number of hydrogen-bond donors (Lipinski definition) is 1. The number of methoxy groups -OCH3 is 1. The van der Waals surface area contributed by atoms with Crippen LogP contribution in [-0.2, 0) is 14.3 Å². The summed E-state index contributed by atoms with van der Waals surface area (Å²) >= 11 is 4.92. The third kappa shape index (κ3) is 6.43. The van der Waals surface area contributed by atoms with E-state index >= 15 is 0 Å². The topological polar surface area (TPSA) is 64.6 Å². The van der Waals surface area contributed by atoms with Crippen LogP contribution < -0.4 is 10.1 Å². The molecule has 2 aromatic rings. The highest BCUT2D eigenvalue weighted by Gasteiger charge is 2.07. The van der Waals surface area contributed by atoms with Crippen LogP contribution in [0.25, 0.3) is 0 Å². The molecule has 2 aromatic carbocycles. The molecule has 2 rings (SSSR count). The first-order chi connectivity index (χ1) is 12.0. The van der Waals surface area contributed by atoms with Gasteiger partial charge in [0.05, 0.1) is 12.9 Å². The maximum absolute atomic E-state index is 12.1. The van der Waals surface area contributed by atoms with Gasteiger partial charge in [-0.2, -0.15) is 0 Å². The van der Waals surface area contributed by atoms with Gasteiger partial charge in [0, 0.05) is 15.1 Å². The molecule has 0 heterocycles. The molecule has 0 aliphatic carbocycles. The summed E-state index contributed by atoms with van der Waals surface area (Å²) in [4.78, 5) is 24.2. The van der Waals surface area contributed by atoms with E-state index in [2.05, 4.69) is 26.0 Å². The molecule has 0 aliphatic heterocycles. The van der Waals surface area contributed by atoms with Crippen LogP contribution in [0.3, 0.4) is 0 Å². The Bertz CT molecular complexity index is 749. The number of thioether (sulfide) groups is 1. The minimum atomic E-state index is -0.447. The zero-order chi connectivity index (χ0) is 18.2. The SMILES string of the molecule is COC(=O)COc1ccc(NC(=O)CSc2ccc(Br)cc2C)cc1. The van der Waals surface area contributed by atoms with Crippen LogP contribution in [0.2, 0.25) is 0 Å². The summed E-state index contributed by atoms with van der Waals surface area (Å²) in [6, 6.07) is 12.8. The van der Waals surface area contributed by atoms with Gasteiger partial charge in [-0.3, -0.25) is 4.79 Å². The highest BCUT2D eigenvalue weighted by molar-refractivity contribution is 9.10. The van der Waals surface area contributed by atoms with Crippen LogP contribution in [0.5, 0.6) is 5.75 Å². The lowest BCUT2D eigenvalue weighted by molar-refractivity contribution is -0.142. The predicted molar refractivity (Wildman–Crippen MR) is 102 cm³/mol. The van der Waals surface area contributed by atoms with Crippen molar-refractivity contribution in [3.05, 3.63) is 52.5 Å². The van der Waals surface area contributed by atoms with Crippen LogP contribution in [0.4, 0.5) is 5.69 Å². The summed E-state index contributed by atoms with van der Waals surface area (Å²) in [7, 11) is 1.30. The number of hydrogen-bond acceptors (Lipinski definition) is 5. The second-order valence-corrected chi connectivity index (χ2v) is 7.07. The Morgan fingerprint density at radius 3 is 2.52 bits per heavy atom. The summed E-state index contributed by atoms with van der Waals surface area (Å²) in [5, 5.41) is 2.83. The molecular weight excluding hydrogens is 406 g/mol. The number of nitrogens with one attached hydrogen (secondary N) is 1. The highest BCUT2D eigenvalue weighted by Crippen LogP contribution is 2.25. The van der Waals surface area contributed by atoms with Crippen molar-refractivity contribution in [2.45, 2.75) is 11.8 Å². The number of carbonyl (C=O) groups excluding carboxylic acids is 2. The van der Waals surface area contributed by atoms with Gasteiger partial charge >= 0.3 is 5.97 Å². The maximum atomic E-state index is 12.1. The van der Waals surface area contributed by atoms with E-state index in [0.29, 0.717) is 17.2 Å². The van der Waals surface area contributed by atoms with Gasteiger partial charge in [-0.15, -0.1) is 11.8 Å². The van der Waals surface area contributed by atoms with Gasteiger partial charge in [-0.1, -0.05) is 15.9 Å². The zero-order valence-electron chi connectivity index (χ0n) is 13.9. The maximum Gasteiger partial charge on any atom is 0.343 e. The molecule has 0 saturated heterocycles. The third-order valence-electron chi connectivity index (χ3n) is 3.22. The fourth-order valence-electron chi connectivity index (χ4n) is 1.95. The minimum absolute atomic E-state index is 0.0875. The molecule has 0 aromatic heterocycles. The van der Waals surface area contributed by atoms with E-state index in [1.54, 1.807) is 24.3 Å².